The number of rotatable bonds is 3. The number of halogens is 1. The summed E-state index contributed by atoms with van der Waals surface area (Å²) in [6, 6.07) is 5.27. The molecule has 104 valence electrons. The fraction of sp³-hybridized carbons (Fsp3) is 0.417. The van der Waals surface area contributed by atoms with Gasteiger partial charge in [0.15, 0.2) is 0 Å². The van der Waals surface area contributed by atoms with Crippen LogP contribution in [0.4, 0.5) is 4.39 Å². The Kier molecular flexibility index (Phi) is 4.16. The second kappa shape index (κ2) is 5.66. The van der Waals surface area contributed by atoms with Gasteiger partial charge in [-0.15, -0.1) is 0 Å². The molecule has 0 bridgehead atoms. The predicted octanol–water partition coefficient (Wildman–Crippen LogP) is 1.29. The second-order valence-electron chi connectivity index (χ2n) is 4.38. The van der Waals surface area contributed by atoms with Gasteiger partial charge in [0.25, 0.3) is 5.91 Å². The topological polar surface area (TPSA) is 66.5 Å². The number of carbonyl (C=O) groups excluding carboxylic acids is 1. The molecule has 1 N–H and O–H groups in total. The lowest BCUT2D eigenvalue weighted by Gasteiger charge is -2.25. The molecule has 1 aliphatic rings. The van der Waals surface area contributed by atoms with Crippen molar-refractivity contribution in [1.82, 2.24) is 9.03 Å². The van der Waals surface area contributed by atoms with E-state index in [1.54, 1.807) is 0 Å². The molecule has 1 aromatic carbocycles. The van der Waals surface area contributed by atoms with Crippen LogP contribution < -0.4 is 4.72 Å². The number of piperidine rings is 1. The number of carbonyl (C=O) groups is 1. The van der Waals surface area contributed by atoms with Crippen LogP contribution in [0.2, 0.25) is 0 Å². The Balaban J connectivity index is 2.12. The summed E-state index contributed by atoms with van der Waals surface area (Å²) in [4.78, 5) is 11.8. The van der Waals surface area contributed by atoms with Gasteiger partial charge in [-0.05, 0) is 25.0 Å². The summed E-state index contributed by atoms with van der Waals surface area (Å²) in [6.45, 7) is 0.778. The van der Waals surface area contributed by atoms with Crippen molar-refractivity contribution in [3.63, 3.8) is 0 Å². The molecule has 0 atom stereocenters. The Labute approximate surface area is 111 Å². The van der Waals surface area contributed by atoms with E-state index >= 15 is 0 Å². The minimum atomic E-state index is -3.88. The number of amides is 1. The molecule has 0 unspecified atom stereocenters. The predicted molar refractivity (Wildman–Crippen MR) is 68.2 cm³/mol. The van der Waals surface area contributed by atoms with Gasteiger partial charge in [-0.25, -0.2) is 9.11 Å². The van der Waals surface area contributed by atoms with Gasteiger partial charge < -0.3 is 0 Å². The maximum absolute atomic E-state index is 13.4. The Morgan fingerprint density at radius 2 is 1.79 bits per heavy atom. The van der Waals surface area contributed by atoms with Gasteiger partial charge in [-0.2, -0.15) is 12.7 Å². The number of hydrogen-bond donors (Lipinski definition) is 1. The van der Waals surface area contributed by atoms with Gasteiger partial charge in [0.2, 0.25) is 0 Å². The third kappa shape index (κ3) is 3.30. The van der Waals surface area contributed by atoms with Crippen LogP contribution in [0.1, 0.15) is 29.6 Å². The monoisotopic (exact) mass is 286 g/mol. The van der Waals surface area contributed by atoms with Crippen molar-refractivity contribution in [2.45, 2.75) is 19.3 Å². The molecule has 0 aliphatic carbocycles. The van der Waals surface area contributed by atoms with Crippen LogP contribution in [-0.4, -0.2) is 31.7 Å². The minimum Gasteiger partial charge on any atom is -0.268 e. The highest BCUT2D eigenvalue weighted by Crippen LogP contribution is 2.13. The highest BCUT2D eigenvalue weighted by atomic mass is 32.2. The third-order valence-electron chi connectivity index (χ3n) is 3.00. The fourth-order valence-corrected chi connectivity index (χ4v) is 3.20. The van der Waals surface area contributed by atoms with E-state index in [2.05, 4.69) is 0 Å². The summed E-state index contributed by atoms with van der Waals surface area (Å²) < 4.78 is 40.4. The second-order valence-corrected chi connectivity index (χ2v) is 6.05. The van der Waals surface area contributed by atoms with E-state index in [4.69, 9.17) is 0 Å². The lowest BCUT2D eigenvalue weighted by molar-refractivity contribution is 0.0974. The Morgan fingerprint density at radius 1 is 1.16 bits per heavy atom. The standard InChI is InChI=1S/C12H15FN2O3S/c13-11-7-3-2-6-10(11)12(16)14-19(17,18)15-8-4-1-5-9-15/h2-3,6-7H,1,4-5,8-9H2,(H,14,16). The van der Waals surface area contributed by atoms with Crippen LogP contribution in [0.3, 0.4) is 0 Å². The van der Waals surface area contributed by atoms with Crippen LogP contribution in [0.25, 0.3) is 0 Å². The van der Waals surface area contributed by atoms with E-state index in [0.29, 0.717) is 13.1 Å². The molecule has 0 radical (unpaired) electrons. The summed E-state index contributed by atoms with van der Waals surface area (Å²) in [6.07, 6.45) is 2.52. The maximum atomic E-state index is 13.4. The van der Waals surface area contributed by atoms with Gasteiger partial charge in [0.05, 0.1) is 5.56 Å². The first-order valence-electron chi connectivity index (χ1n) is 6.07. The first-order chi connectivity index (χ1) is 9.00. The molecule has 0 spiro atoms. The lowest BCUT2D eigenvalue weighted by atomic mass is 10.2. The molecule has 19 heavy (non-hydrogen) atoms. The lowest BCUT2D eigenvalue weighted by Crippen LogP contribution is -2.45. The summed E-state index contributed by atoms with van der Waals surface area (Å²) in [5.41, 5.74) is -0.275. The zero-order valence-corrected chi connectivity index (χ0v) is 11.1. The first kappa shape index (κ1) is 14.0. The molecule has 7 heteroatoms. The van der Waals surface area contributed by atoms with Crippen LogP contribution in [0.15, 0.2) is 24.3 Å². The van der Waals surface area contributed by atoms with Crippen molar-refractivity contribution in [3.05, 3.63) is 35.6 Å². The van der Waals surface area contributed by atoms with Crippen LogP contribution in [0, 0.1) is 5.82 Å². The molecule has 1 amide bonds. The quantitative estimate of drug-likeness (QED) is 0.910. The van der Waals surface area contributed by atoms with E-state index in [1.165, 1.54) is 22.5 Å². The zero-order valence-electron chi connectivity index (χ0n) is 10.3. The highest BCUT2D eigenvalue weighted by molar-refractivity contribution is 7.87. The third-order valence-corrected chi connectivity index (χ3v) is 4.48. The van der Waals surface area contributed by atoms with Gasteiger partial charge in [-0.3, -0.25) is 4.79 Å². The first-order valence-corrected chi connectivity index (χ1v) is 7.51. The summed E-state index contributed by atoms with van der Waals surface area (Å²) >= 11 is 0. The van der Waals surface area contributed by atoms with E-state index < -0.39 is 21.9 Å². The van der Waals surface area contributed by atoms with Crippen molar-refractivity contribution >= 4 is 16.1 Å². The summed E-state index contributed by atoms with van der Waals surface area (Å²) in [7, 11) is -3.88. The number of benzene rings is 1. The van der Waals surface area contributed by atoms with Crippen molar-refractivity contribution in [2.24, 2.45) is 0 Å². The fourth-order valence-electron chi connectivity index (χ4n) is 1.99. The molecular formula is C12H15FN2O3S. The molecule has 0 saturated carbocycles. The summed E-state index contributed by atoms with van der Waals surface area (Å²) in [5, 5.41) is 0. The Morgan fingerprint density at radius 3 is 2.42 bits per heavy atom. The number of nitrogens with one attached hydrogen (secondary N) is 1. The van der Waals surface area contributed by atoms with Crippen molar-refractivity contribution in [3.8, 4) is 0 Å². The highest BCUT2D eigenvalue weighted by Gasteiger charge is 2.26. The number of hydrogen-bond acceptors (Lipinski definition) is 3. The SMILES string of the molecule is O=C(NS(=O)(=O)N1CCCCC1)c1ccccc1F. The minimum absolute atomic E-state index is 0.275. The van der Waals surface area contributed by atoms with E-state index in [-0.39, 0.29) is 5.56 Å². The van der Waals surface area contributed by atoms with Crippen LogP contribution >= 0.6 is 0 Å². The maximum Gasteiger partial charge on any atom is 0.304 e. The molecule has 1 aliphatic heterocycles. The molecule has 5 nitrogen and oxygen atoms in total. The van der Waals surface area contributed by atoms with E-state index in [9.17, 15) is 17.6 Å². The largest absolute Gasteiger partial charge is 0.304 e. The van der Waals surface area contributed by atoms with Crippen molar-refractivity contribution < 1.29 is 17.6 Å². The normalized spacial score (nSPS) is 17.1. The van der Waals surface area contributed by atoms with Gasteiger partial charge in [0.1, 0.15) is 5.82 Å². The Hall–Kier alpha value is -1.47. The molecule has 0 aromatic heterocycles. The average Bonchev–Trinajstić information content (AvgIpc) is 2.39. The summed E-state index contributed by atoms with van der Waals surface area (Å²) in [5.74, 6) is -1.68. The van der Waals surface area contributed by atoms with Gasteiger partial charge >= 0.3 is 10.2 Å². The average molecular weight is 286 g/mol. The van der Waals surface area contributed by atoms with Crippen molar-refractivity contribution in [2.75, 3.05) is 13.1 Å². The van der Waals surface area contributed by atoms with Gasteiger partial charge in [0, 0.05) is 13.1 Å². The van der Waals surface area contributed by atoms with E-state index in [1.807, 2.05) is 4.72 Å². The smallest absolute Gasteiger partial charge is 0.268 e. The van der Waals surface area contributed by atoms with Gasteiger partial charge in [-0.1, -0.05) is 18.6 Å². The molecule has 1 fully saturated rings. The van der Waals surface area contributed by atoms with Crippen LogP contribution in [0.5, 0.6) is 0 Å². The molecule has 2 rings (SSSR count). The molecule has 1 saturated heterocycles. The van der Waals surface area contributed by atoms with Crippen molar-refractivity contribution in [1.29, 1.82) is 0 Å². The molecule has 1 aromatic rings. The number of nitrogens with zero attached hydrogens (tertiary/aromatic N) is 1. The Bertz CT molecular complexity index is 568. The van der Waals surface area contributed by atoms with Crippen LogP contribution in [-0.2, 0) is 10.2 Å². The zero-order chi connectivity index (χ0) is 13.9. The van der Waals surface area contributed by atoms with E-state index in [0.717, 1.165) is 25.3 Å². The molecule has 1 heterocycles. The molecular weight excluding hydrogens is 271 g/mol.